The van der Waals surface area contributed by atoms with E-state index < -0.39 is 0 Å². The summed E-state index contributed by atoms with van der Waals surface area (Å²) in [5.41, 5.74) is 4.18. The number of piperidine rings is 1. The van der Waals surface area contributed by atoms with Crippen molar-refractivity contribution in [3.8, 4) is 11.3 Å². The van der Waals surface area contributed by atoms with Gasteiger partial charge in [0, 0.05) is 31.3 Å². The number of carbonyl (C=O) groups excluding carboxylic acids is 1. The minimum absolute atomic E-state index is 0.0291. The molecule has 0 saturated carbocycles. The summed E-state index contributed by atoms with van der Waals surface area (Å²) >= 11 is 0. The molecular formula is C21H21N7O2. The molecule has 152 valence electrons. The molecule has 0 aliphatic carbocycles. The van der Waals surface area contributed by atoms with Gasteiger partial charge < -0.3 is 9.42 Å². The second-order valence-corrected chi connectivity index (χ2v) is 7.57. The normalized spacial score (nSPS) is 16.8. The van der Waals surface area contributed by atoms with Crippen LogP contribution in [0.4, 0.5) is 0 Å². The molecule has 30 heavy (non-hydrogen) atoms. The third kappa shape index (κ3) is 3.42. The van der Waals surface area contributed by atoms with Crippen LogP contribution in [0.2, 0.25) is 0 Å². The second kappa shape index (κ2) is 7.66. The maximum Gasteiger partial charge on any atom is 0.244 e. The number of hydrogen-bond donors (Lipinski definition) is 0. The molecule has 1 aliphatic rings. The summed E-state index contributed by atoms with van der Waals surface area (Å²) in [5.74, 6) is 0.792. The Balaban J connectivity index is 1.36. The van der Waals surface area contributed by atoms with Crippen LogP contribution in [0.1, 0.15) is 30.1 Å². The van der Waals surface area contributed by atoms with Crippen molar-refractivity contribution in [1.82, 2.24) is 35.0 Å². The van der Waals surface area contributed by atoms with Gasteiger partial charge >= 0.3 is 0 Å². The molecule has 5 rings (SSSR count). The van der Waals surface area contributed by atoms with Crippen molar-refractivity contribution in [2.45, 2.75) is 32.2 Å². The first kappa shape index (κ1) is 18.4. The van der Waals surface area contributed by atoms with Crippen LogP contribution in [0.25, 0.3) is 22.4 Å². The molecule has 0 radical (unpaired) electrons. The van der Waals surface area contributed by atoms with Gasteiger partial charge in [0.2, 0.25) is 5.91 Å². The van der Waals surface area contributed by atoms with E-state index in [1.54, 1.807) is 17.2 Å². The average Bonchev–Trinajstić information content (AvgIpc) is 3.40. The first-order valence-corrected chi connectivity index (χ1v) is 9.98. The smallest absolute Gasteiger partial charge is 0.244 e. The van der Waals surface area contributed by atoms with Crippen LogP contribution >= 0.6 is 0 Å². The van der Waals surface area contributed by atoms with E-state index in [1.807, 2.05) is 42.2 Å². The van der Waals surface area contributed by atoms with Gasteiger partial charge in [-0.1, -0.05) is 22.5 Å². The quantitative estimate of drug-likeness (QED) is 0.516. The van der Waals surface area contributed by atoms with Crippen molar-refractivity contribution in [3.05, 3.63) is 54.2 Å². The minimum atomic E-state index is 0.0291. The molecule has 4 aromatic rings. The Labute approximate surface area is 172 Å². The number of likely N-dealkylation sites (tertiary alicyclic amines) is 1. The summed E-state index contributed by atoms with van der Waals surface area (Å²) in [6, 6.07) is 9.53. The molecule has 4 heterocycles. The van der Waals surface area contributed by atoms with Gasteiger partial charge in [0.1, 0.15) is 18.4 Å². The average molecular weight is 403 g/mol. The Morgan fingerprint density at radius 2 is 2.20 bits per heavy atom. The number of fused-ring (bicyclic) bond motifs is 1. The van der Waals surface area contributed by atoms with Gasteiger partial charge in [0.25, 0.3) is 0 Å². The van der Waals surface area contributed by atoms with Crippen molar-refractivity contribution in [3.63, 3.8) is 0 Å². The summed E-state index contributed by atoms with van der Waals surface area (Å²) in [6.07, 6.45) is 5.16. The van der Waals surface area contributed by atoms with Crippen LogP contribution in [-0.4, -0.2) is 54.0 Å². The highest BCUT2D eigenvalue weighted by atomic mass is 16.5. The molecule has 9 nitrogen and oxygen atoms in total. The van der Waals surface area contributed by atoms with Crippen molar-refractivity contribution >= 4 is 16.9 Å². The van der Waals surface area contributed by atoms with Gasteiger partial charge in [-0.3, -0.25) is 4.79 Å². The van der Waals surface area contributed by atoms with Gasteiger partial charge in [-0.15, -0.1) is 5.10 Å². The molecule has 0 bridgehead atoms. The van der Waals surface area contributed by atoms with Crippen LogP contribution in [0.5, 0.6) is 0 Å². The number of aryl methyl sites for hydroxylation is 1. The van der Waals surface area contributed by atoms with E-state index in [4.69, 9.17) is 4.52 Å². The lowest BCUT2D eigenvalue weighted by Gasteiger charge is -2.33. The lowest BCUT2D eigenvalue weighted by molar-refractivity contribution is -0.133. The zero-order valence-electron chi connectivity index (χ0n) is 16.6. The predicted molar refractivity (Wildman–Crippen MR) is 108 cm³/mol. The van der Waals surface area contributed by atoms with Gasteiger partial charge in [-0.2, -0.15) is 0 Å². The van der Waals surface area contributed by atoms with Gasteiger partial charge in [0.05, 0.1) is 22.5 Å². The van der Waals surface area contributed by atoms with Gasteiger partial charge in [0.15, 0.2) is 5.76 Å². The summed E-state index contributed by atoms with van der Waals surface area (Å²) in [4.78, 5) is 23.6. The first-order valence-electron chi connectivity index (χ1n) is 9.98. The second-order valence-electron chi connectivity index (χ2n) is 7.57. The highest BCUT2D eigenvalue weighted by Gasteiger charge is 2.28. The molecule has 1 saturated heterocycles. The molecule has 1 aliphatic heterocycles. The van der Waals surface area contributed by atoms with Crippen molar-refractivity contribution in [2.75, 3.05) is 13.1 Å². The highest BCUT2D eigenvalue weighted by molar-refractivity contribution is 5.80. The summed E-state index contributed by atoms with van der Waals surface area (Å²) in [6.45, 7) is 3.38. The molecule has 0 spiro atoms. The van der Waals surface area contributed by atoms with E-state index in [2.05, 4.69) is 25.4 Å². The fraction of sp³-hybridized carbons (Fsp3) is 0.333. The molecule has 9 heteroatoms. The Morgan fingerprint density at radius 1 is 1.30 bits per heavy atom. The van der Waals surface area contributed by atoms with Crippen molar-refractivity contribution in [2.24, 2.45) is 0 Å². The van der Waals surface area contributed by atoms with Crippen LogP contribution in [-0.2, 0) is 11.3 Å². The van der Waals surface area contributed by atoms with E-state index in [9.17, 15) is 4.79 Å². The molecule has 3 aromatic heterocycles. The lowest BCUT2D eigenvalue weighted by atomic mass is 9.91. The number of rotatable bonds is 4. The predicted octanol–water partition coefficient (Wildman–Crippen LogP) is 2.59. The first-order chi connectivity index (χ1) is 14.7. The number of amides is 1. The fourth-order valence-corrected chi connectivity index (χ4v) is 4.03. The molecule has 1 atom stereocenters. The monoisotopic (exact) mass is 403 g/mol. The third-order valence-electron chi connectivity index (χ3n) is 5.50. The van der Waals surface area contributed by atoms with Crippen LogP contribution in [0.3, 0.4) is 0 Å². The Hall–Kier alpha value is -3.62. The van der Waals surface area contributed by atoms with Crippen molar-refractivity contribution in [1.29, 1.82) is 0 Å². The van der Waals surface area contributed by atoms with Crippen LogP contribution in [0.15, 0.2) is 47.4 Å². The van der Waals surface area contributed by atoms with E-state index >= 15 is 0 Å². The summed E-state index contributed by atoms with van der Waals surface area (Å²) in [7, 11) is 0. The summed E-state index contributed by atoms with van der Waals surface area (Å²) < 4.78 is 7.10. The Morgan fingerprint density at radius 3 is 3.07 bits per heavy atom. The molecule has 1 amide bonds. The van der Waals surface area contributed by atoms with E-state index in [0.717, 1.165) is 47.4 Å². The number of aromatic nitrogens is 6. The SMILES string of the molecule is Cc1cc(-c2cncnc2[C@@H]2CCCN(C(=O)Cn3nnc4ccccc43)C2)on1. The molecule has 1 fully saturated rings. The lowest BCUT2D eigenvalue weighted by Crippen LogP contribution is -2.41. The van der Waals surface area contributed by atoms with E-state index in [1.165, 1.54) is 0 Å². The largest absolute Gasteiger partial charge is 0.356 e. The number of benzene rings is 1. The number of carbonyl (C=O) groups is 1. The summed E-state index contributed by atoms with van der Waals surface area (Å²) in [5, 5.41) is 12.3. The number of para-hydroxylation sites is 1. The Kier molecular flexibility index (Phi) is 4.70. The van der Waals surface area contributed by atoms with E-state index in [0.29, 0.717) is 12.3 Å². The maximum atomic E-state index is 13.0. The minimum Gasteiger partial charge on any atom is -0.356 e. The van der Waals surface area contributed by atoms with Crippen LogP contribution in [0, 0.1) is 6.92 Å². The van der Waals surface area contributed by atoms with Crippen LogP contribution < -0.4 is 0 Å². The van der Waals surface area contributed by atoms with Gasteiger partial charge in [-0.05, 0) is 31.9 Å². The fourth-order valence-electron chi connectivity index (χ4n) is 4.03. The highest BCUT2D eigenvalue weighted by Crippen LogP contribution is 2.33. The molecule has 0 unspecified atom stereocenters. The third-order valence-corrected chi connectivity index (χ3v) is 5.50. The topological polar surface area (TPSA) is 103 Å². The zero-order valence-corrected chi connectivity index (χ0v) is 16.6. The van der Waals surface area contributed by atoms with Gasteiger partial charge in [-0.25, -0.2) is 14.6 Å². The molecule has 0 N–H and O–H groups in total. The Bertz CT molecular complexity index is 1200. The number of hydrogen-bond acceptors (Lipinski definition) is 7. The number of nitrogens with zero attached hydrogens (tertiary/aromatic N) is 7. The maximum absolute atomic E-state index is 13.0. The molecule has 1 aromatic carbocycles. The standard InChI is InChI=1S/C21H21N7O2/c1-14-9-19(30-25-14)16-10-22-13-23-21(16)15-5-4-8-27(11-15)20(29)12-28-18-7-3-2-6-17(18)24-26-28/h2-3,6-7,9-10,13,15H,4-5,8,11-12H2,1H3/t15-/m1/s1. The van der Waals surface area contributed by atoms with E-state index in [-0.39, 0.29) is 18.4 Å². The molecular weight excluding hydrogens is 382 g/mol. The van der Waals surface area contributed by atoms with Crippen molar-refractivity contribution < 1.29 is 9.32 Å². The zero-order chi connectivity index (χ0) is 20.5.